The van der Waals surface area contributed by atoms with Crippen molar-refractivity contribution in [2.45, 2.75) is 102 Å². The number of alkyl halides is 3. The van der Waals surface area contributed by atoms with Crippen LogP contribution in [-0.4, -0.2) is 79.2 Å². The fourth-order valence-corrected chi connectivity index (χ4v) is 7.83. The third-order valence-corrected chi connectivity index (χ3v) is 10.00. The smallest absolute Gasteiger partial charge is 0.338 e. The quantitative estimate of drug-likeness (QED) is 0.389. The van der Waals surface area contributed by atoms with Crippen molar-refractivity contribution < 1.29 is 13.2 Å². The van der Waals surface area contributed by atoms with Crippen LogP contribution in [-0.2, 0) is 0 Å². The maximum atomic E-state index is 13.1. The van der Waals surface area contributed by atoms with Crippen molar-refractivity contribution in [1.29, 1.82) is 5.41 Å². The predicted octanol–water partition coefficient (Wildman–Crippen LogP) is 3.10. The lowest BCUT2D eigenvalue weighted by Crippen LogP contribution is -2.67. The number of nitrogens with one attached hydrogen (secondary N) is 5. The van der Waals surface area contributed by atoms with Gasteiger partial charge < -0.3 is 9.80 Å². The molecule has 7 nitrogen and oxygen atoms in total. The molecule has 0 bridgehead atoms. The number of rotatable bonds is 5. The first-order chi connectivity index (χ1) is 17.1. The summed E-state index contributed by atoms with van der Waals surface area (Å²) in [5.41, 5.74) is 0. The zero-order chi connectivity index (χ0) is 25.6. The van der Waals surface area contributed by atoms with E-state index in [-0.39, 0.29) is 37.0 Å². The molecule has 0 radical (unpaired) electrons. The van der Waals surface area contributed by atoms with Crippen LogP contribution in [0.2, 0.25) is 0 Å². The first-order valence-corrected chi connectivity index (χ1v) is 14.3. The molecule has 10 heteroatoms. The molecular formula is C26H46F3N7. The lowest BCUT2D eigenvalue weighted by molar-refractivity contribution is -0.150. The standard InChI is InChI=1S/C26H46F3N7/c1-15(2)18-6-4-5-7-19(18)23-31-12-20-24(34-23)36(25(30)35(20)3)14-16-8-10-17(11-9-16)22-32-13-21(33-22)26(27,28)29/h15-24,30-34H,4-14H2,1-3H3. The summed E-state index contributed by atoms with van der Waals surface area (Å²) in [4.78, 5) is 4.39. The molecule has 0 aromatic carbocycles. The molecule has 0 amide bonds. The number of hydrogen-bond donors (Lipinski definition) is 5. The number of halogens is 3. The molecule has 206 valence electrons. The second-order valence-electron chi connectivity index (χ2n) is 12.4. The van der Waals surface area contributed by atoms with Crippen molar-refractivity contribution in [2.24, 2.45) is 29.6 Å². The van der Waals surface area contributed by atoms with E-state index in [1.807, 2.05) is 7.05 Å². The molecule has 2 aliphatic carbocycles. The van der Waals surface area contributed by atoms with E-state index in [4.69, 9.17) is 5.41 Å². The highest BCUT2D eigenvalue weighted by atomic mass is 19.4. The Morgan fingerprint density at radius 3 is 2.31 bits per heavy atom. The van der Waals surface area contributed by atoms with Gasteiger partial charge in [-0.1, -0.05) is 26.7 Å². The van der Waals surface area contributed by atoms with E-state index in [2.05, 4.69) is 44.9 Å². The lowest BCUT2D eigenvalue weighted by Gasteiger charge is -2.46. The summed E-state index contributed by atoms with van der Waals surface area (Å²) in [6.07, 6.45) is 5.10. The van der Waals surface area contributed by atoms with Gasteiger partial charge in [-0.3, -0.25) is 26.7 Å². The summed E-state index contributed by atoms with van der Waals surface area (Å²) in [6, 6.07) is -1.19. The zero-order valence-electron chi connectivity index (χ0n) is 22.1. The van der Waals surface area contributed by atoms with Crippen molar-refractivity contribution in [1.82, 2.24) is 31.1 Å². The Labute approximate surface area is 214 Å². The fraction of sp³-hybridized carbons (Fsp3) is 0.962. The van der Waals surface area contributed by atoms with Crippen LogP contribution in [0.3, 0.4) is 0 Å². The second kappa shape index (κ2) is 10.6. The lowest BCUT2D eigenvalue weighted by atomic mass is 9.71. The Morgan fingerprint density at radius 2 is 1.64 bits per heavy atom. The Hall–Kier alpha value is -1.10. The first-order valence-electron chi connectivity index (χ1n) is 14.3. The first kappa shape index (κ1) is 26.5. The van der Waals surface area contributed by atoms with Gasteiger partial charge in [0, 0.05) is 26.7 Å². The van der Waals surface area contributed by atoms with E-state index in [1.165, 1.54) is 25.7 Å². The predicted molar refractivity (Wildman–Crippen MR) is 135 cm³/mol. The van der Waals surface area contributed by atoms with Crippen molar-refractivity contribution in [3.8, 4) is 0 Å². The second-order valence-corrected chi connectivity index (χ2v) is 12.4. The van der Waals surface area contributed by atoms with E-state index in [9.17, 15) is 13.2 Å². The van der Waals surface area contributed by atoms with Gasteiger partial charge in [-0.25, -0.2) is 0 Å². The zero-order valence-corrected chi connectivity index (χ0v) is 22.1. The Balaban J connectivity index is 1.17. The molecule has 5 rings (SSSR count). The maximum Gasteiger partial charge on any atom is 0.405 e. The van der Waals surface area contributed by atoms with Crippen molar-refractivity contribution in [3.63, 3.8) is 0 Å². The van der Waals surface area contributed by atoms with Gasteiger partial charge in [0.2, 0.25) is 0 Å². The molecule has 0 aromatic heterocycles. The van der Waals surface area contributed by atoms with Crippen molar-refractivity contribution in [2.75, 3.05) is 26.7 Å². The fourth-order valence-electron chi connectivity index (χ4n) is 7.83. The van der Waals surface area contributed by atoms with E-state index in [0.717, 1.165) is 44.7 Å². The van der Waals surface area contributed by atoms with Crippen LogP contribution in [0.4, 0.5) is 13.2 Å². The average molecular weight is 514 g/mol. The summed E-state index contributed by atoms with van der Waals surface area (Å²) >= 11 is 0. The number of hydrogen-bond acceptors (Lipinski definition) is 5. The summed E-state index contributed by atoms with van der Waals surface area (Å²) < 4.78 is 39.2. The van der Waals surface area contributed by atoms with E-state index in [1.54, 1.807) is 0 Å². The molecule has 0 spiro atoms. The Morgan fingerprint density at radius 1 is 0.944 bits per heavy atom. The monoisotopic (exact) mass is 513 g/mol. The van der Waals surface area contributed by atoms with Crippen LogP contribution in [0, 0.1) is 35.0 Å². The van der Waals surface area contributed by atoms with Crippen molar-refractivity contribution in [3.05, 3.63) is 0 Å². The molecule has 0 aromatic rings. The normalized spacial score (nSPS) is 42.3. The molecule has 5 aliphatic rings. The molecule has 3 saturated heterocycles. The van der Waals surface area contributed by atoms with E-state index in [0.29, 0.717) is 23.7 Å². The van der Waals surface area contributed by atoms with Gasteiger partial charge in [0.25, 0.3) is 0 Å². The van der Waals surface area contributed by atoms with Gasteiger partial charge in [-0.05, 0) is 68.1 Å². The van der Waals surface area contributed by atoms with E-state index < -0.39 is 12.2 Å². The molecule has 7 unspecified atom stereocenters. The van der Waals surface area contributed by atoms with Crippen molar-refractivity contribution >= 4 is 5.96 Å². The summed E-state index contributed by atoms with van der Waals surface area (Å²) in [6.45, 7) is 6.43. The molecule has 3 heterocycles. The topological polar surface area (TPSA) is 78.5 Å². The summed E-state index contributed by atoms with van der Waals surface area (Å²) in [7, 11) is 2.03. The van der Waals surface area contributed by atoms with Gasteiger partial charge in [0.15, 0.2) is 5.96 Å². The molecular weight excluding hydrogens is 467 g/mol. The van der Waals surface area contributed by atoms with E-state index >= 15 is 0 Å². The number of likely N-dealkylation sites (N-methyl/N-ethyl adjacent to an activating group) is 1. The Kier molecular flexibility index (Phi) is 7.79. The summed E-state index contributed by atoms with van der Waals surface area (Å²) in [5.74, 6) is 3.35. The molecule has 5 fully saturated rings. The van der Waals surface area contributed by atoms with Gasteiger partial charge in [0.05, 0.1) is 18.4 Å². The number of fused-ring (bicyclic) bond motifs is 1. The largest absolute Gasteiger partial charge is 0.405 e. The molecule has 36 heavy (non-hydrogen) atoms. The van der Waals surface area contributed by atoms with Gasteiger partial charge in [-0.15, -0.1) is 0 Å². The van der Waals surface area contributed by atoms with Crippen LogP contribution in [0.5, 0.6) is 0 Å². The maximum absolute atomic E-state index is 13.1. The van der Waals surface area contributed by atoms with Crippen LogP contribution in [0.25, 0.3) is 0 Å². The Bertz CT molecular complexity index is 769. The summed E-state index contributed by atoms with van der Waals surface area (Å²) in [5, 5.41) is 22.5. The van der Waals surface area contributed by atoms with Gasteiger partial charge in [0.1, 0.15) is 12.2 Å². The van der Waals surface area contributed by atoms with Gasteiger partial charge >= 0.3 is 6.18 Å². The van der Waals surface area contributed by atoms with Crippen LogP contribution in [0.1, 0.15) is 65.2 Å². The SMILES string of the molecule is CC(C)C1CCCCC1C1NCC2C(N1)N(CC1CCC(C3NCC(C(F)(F)F)N3)CC1)C(=N)N2C. The molecule has 7 atom stereocenters. The average Bonchev–Trinajstić information content (AvgIpc) is 3.45. The minimum Gasteiger partial charge on any atom is -0.338 e. The number of guanidine groups is 1. The number of nitrogens with zero attached hydrogens (tertiary/aromatic N) is 2. The molecule has 2 saturated carbocycles. The third-order valence-electron chi connectivity index (χ3n) is 10.00. The highest BCUT2D eigenvalue weighted by molar-refractivity contribution is 5.80. The minimum atomic E-state index is -4.19. The highest BCUT2D eigenvalue weighted by Gasteiger charge is 2.49. The highest BCUT2D eigenvalue weighted by Crippen LogP contribution is 2.39. The van der Waals surface area contributed by atoms with Crippen LogP contribution < -0.4 is 21.3 Å². The van der Waals surface area contributed by atoms with Crippen LogP contribution >= 0.6 is 0 Å². The van der Waals surface area contributed by atoms with Gasteiger partial charge in [-0.2, -0.15) is 13.2 Å². The minimum absolute atomic E-state index is 0.0338. The molecule has 3 aliphatic heterocycles. The third kappa shape index (κ3) is 5.24. The molecule has 5 N–H and O–H groups in total. The van der Waals surface area contributed by atoms with Crippen LogP contribution in [0.15, 0.2) is 0 Å².